The summed E-state index contributed by atoms with van der Waals surface area (Å²) in [6.07, 6.45) is 1.51. The van der Waals surface area contributed by atoms with Crippen molar-refractivity contribution in [3.05, 3.63) is 0 Å². The highest BCUT2D eigenvalue weighted by atomic mass is 16.4. The molecule has 0 unspecified atom stereocenters. The quantitative estimate of drug-likeness (QED) is 0.551. The van der Waals surface area contributed by atoms with Gasteiger partial charge in [-0.15, -0.1) is 0 Å². The molecular weight excluding hydrogens is 254 g/mol. The molecule has 3 N–H and O–H groups in total. The zero-order valence-corrected chi connectivity index (χ0v) is 10.2. The Morgan fingerprint density at radius 2 is 1.84 bits per heavy atom. The molecule has 1 aliphatic carbocycles. The molecule has 0 bridgehead atoms. The molecule has 4 amide bonds. The van der Waals surface area contributed by atoms with Crippen LogP contribution in [0.3, 0.4) is 0 Å². The number of imide groups is 1. The Labute approximate surface area is 109 Å². The smallest absolute Gasteiger partial charge is 0.318 e. The van der Waals surface area contributed by atoms with E-state index in [0.29, 0.717) is 19.3 Å². The number of aliphatic carboxylic acids is 1. The summed E-state index contributed by atoms with van der Waals surface area (Å²) in [6, 6.07) is -0.715. The summed E-state index contributed by atoms with van der Waals surface area (Å²) < 4.78 is 0. The van der Waals surface area contributed by atoms with Gasteiger partial charge in [0, 0.05) is 6.04 Å². The first-order chi connectivity index (χ1) is 8.95. The molecule has 1 heterocycles. The highest BCUT2D eigenvalue weighted by molar-refractivity contribution is 6.02. The van der Waals surface area contributed by atoms with Crippen molar-refractivity contribution in [2.75, 3.05) is 13.1 Å². The predicted octanol–water partition coefficient (Wildman–Crippen LogP) is -1.09. The zero-order chi connectivity index (χ0) is 14.0. The average molecular weight is 269 g/mol. The molecule has 1 saturated carbocycles. The van der Waals surface area contributed by atoms with Crippen LogP contribution in [0.25, 0.3) is 0 Å². The normalized spacial score (nSPS) is 27.1. The van der Waals surface area contributed by atoms with Gasteiger partial charge in [0.05, 0.1) is 5.92 Å². The first-order valence-corrected chi connectivity index (χ1v) is 6.06. The summed E-state index contributed by atoms with van der Waals surface area (Å²) in [5, 5.41) is 13.6. The zero-order valence-electron chi connectivity index (χ0n) is 10.2. The first-order valence-electron chi connectivity index (χ1n) is 6.06. The topological polar surface area (TPSA) is 116 Å². The molecule has 0 aromatic rings. The Hall–Kier alpha value is -2.12. The maximum absolute atomic E-state index is 11.9. The number of nitrogens with zero attached hydrogens (tertiary/aromatic N) is 1. The minimum Gasteiger partial charge on any atom is -0.481 e. The highest BCUT2D eigenvalue weighted by Gasteiger charge is 2.33. The van der Waals surface area contributed by atoms with Crippen LogP contribution in [-0.4, -0.2) is 53.0 Å². The van der Waals surface area contributed by atoms with Gasteiger partial charge < -0.3 is 15.3 Å². The van der Waals surface area contributed by atoms with Crippen LogP contribution >= 0.6 is 0 Å². The van der Waals surface area contributed by atoms with E-state index in [0.717, 1.165) is 4.90 Å². The Morgan fingerprint density at radius 3 is 2.37 bits per heavy atom. The van der Waals surface area contributed by atoms with Gasteiger partial charge in [-0.05, 0) is 19.3 Å². The number of hydrogen-bond donors (Lipinski definition) is 3. The van der Waals surface area contributed by atoms with Gasteiger partial charge in [0.1, 0.15) is 13.1 Å². The van der Waals surface area contributed by atoms with Crippen LogP contribution < -0.4 is 10.6 Å². The Bertz CT molecular complexity index is 420. The lowest BCUT2D eigenvalue weighted by atomic mass is 10.1. The number of rotatable bonds is 2. The van der Waals surface area contributed by atoms with Gasteiger partial charge in [-0.2, -0.15) is 0 Å². The Kier molecular flexibility index (Phi) is 3.68. The number of carboxylic acid groups (broad SMARTS) is 1. The van der Waals surface area contributed by atoms with E-state index in [9.17, 15) is 19.2 Å². The summed E-state index contributed by atoms with van der Waals surface area (Å²) in [4.78, 5) is 46.0. The highest BCUT2D eigenvalue weighted by Crippen LogP contribution is 2.25. The van der Waals surface area contributed by atoms with E-state index < -0.39 is 29.7 Å². The van der Waals surface area contributed by atoms with Crippen molar-refractivity contribution in [1.82, 2.24) is 15.5 Å². The molecule has 0 radical (unpaired) electrons. The number of carboxylic acids is 1. The van der Waals surface area contributed by atoms with E-state index in [1.54, 1.807) is 0 Å². The van der Waals surface area contributed by atoms with Gasteiger partial charge in [-0.1, -0.05) is 0 Å². The third kappa shape index (κ3) is 3.21. The number of urea groups is 1. The van der Waals surface area contributed by atoms with Crippen LogP contribution in [-0.2, 0) is 14.4 Å². The Morgan fingerprint density at radius 1 is 1.21 bits per heavy atom. The van der Waals surface area contributed by atoms with Gasteiger partial charge in [-0.25, -0.2) is 4.79 Å². The van der Waals surface area contributed by atoms with E-state index in [1.165, 1.54) is 0 Å². The molecule has 104 valence electrons. The van der Waals surface area contributed by atoms with E-state index in [1.807, 2.05) is 0 Å². The fraction of sp³-hybridized carbons (Fsp3) is 0.636. The van der Waals surface area contributed by atoms with Gasteiger partial charge >= 0.3 is 12.0 Å². The number of amides is 4. The fourth-order valence-corrected chi connectivity index (χ4v) is 2.38. The lowest BCUT2D eigenvalue weighted by Crippen LogP contribution is -2.56. The average Bonchev–Trinajstić information content (AvgIpc) is 2.76. The second-order valence-electron chi connectivity index (χ2n) is 4.82. The van der Waals surface area contributed by atoms with Crippen molar-refractivity contribution in [1.29, 1.82) is 0 Å². The molecule has 8 heteroatoms. The first kappa shape index (κ1) is 13.3. The van der Waals surface area contributed by atoms with E-state index in [-0.39, 0.29) is 19.1 Å². The number of carbonyl (C=O) groups excluding carboxylic acids is 3. The molecule has 2 rings (SSSR count). The third-order valence-corrected chi connectivity index (χ3v) is 3.34. The fourth-order valence-electron chi connectivity index (χ4n) is 2.38. The molecule has 1 saturated heterocycles. The SMILES string of the molecule is O=C1CN(C(=O)N[C@H]2CC[C@@H](C(=O)O)C2)CC(=O)N1. The van der Waals surface area contributed by atoms with Gasteiger partial charge in [0.25, 0.3) is 0 Å². The Balaban J connectivity index is 1.86. The summed E-state index contributed by atoms with van der Waals surface area (Å²) >= 11 is 0. The molecule has 2 fully saturated rings. The third-order valence-electron chi connectivity index (χ3n) is 3.34. The molecule has 2 atom stereocenters. The van der Waals surface area contributed by atoms with Gasteiger partial charge in [0.2, 0.25) is 11.8 Å². The molecule has 0 aromatic heterocycles. The largest absolute Gasteiger partial charge is 0.481 e. The van der Waals surface area contributed by atoms with E-state index in [4.69, 9.17) is 5.11 Å². The van der Waals surface area contributed by atoms with Crippen LogP contribution in [0.15, 0.2) is 0 Å². The maximum atomic E-state index is 11.9. The number of piperazine rings is 1. The summed E-state index contributed by atoms with van der Waals surface area (Å²) in [5.41, 5.74) is 0. The van der Waals surface area contributed by atoms with Crippen molar-refractivity contribution < 1.29 is 24.3 Å². The lowest BCUT2D eigenvalue weighted by Gasteiger charge is -2.27. The number of nitrogens with one attached hydrogen (secondary N) is 2. The molecule has 8 nitrogen and oxygen atoms in total. The number of hydrogen-bond acceptors (Lipinski definition) is 4. The summed E-state index contributed by atoms with van der Waals surface area (Å²) in [5.74, 6) is -2.32. The predicted molar refractivity (Wildman–Crippen MR) is 62.0 cm³/mol. The van der Waals surface area contributed by atoms with Gasteiger partial charge in [-0.3, -0.25) is 19.7 Å². The molecule has 0 spiro atoms. The number of carbonyl (C=O) groups is 4. The monoisotopic (exact) mass is 269 g/mol. The second-order valence-corrected chi connectivity index (χ2v) is 4.82. The van der Waals surface area contributed by atoms with Crippen molar-refractivity contribution >= 4 is 23.8 Å². The van der Waals surface area contributed by atoms with Gasteiger partial charge in [0.15, 0.2) is 0 Å². The molecular formula is C11H15N3O5. The van der Waals surface area contributed by atoms with Crippen LogP contribution in [0.1, 0.15) is 19.3 Å². The van der Waals surface area contributed by atoms with Crippen LogP contribution in [0.5, 0.6) is 0 Å². The van der Waals surface area contributed by atoms with E-state index in [2.05, 4.69) is 10.6 Å². The molecule has 1 aliphatic heterocycles. The van der Waals surface area contributed by atoms with Crippen LogP contribution in [0, 0.1) is 5.92 Å². The van der Waals surface area contributed by atoms with Crippen molar-refractivity contribution in [3.63, 3.8) is 0 Å². The minimum atomic E-state index is -0.857. The standard InChI is InChI=1S/C11H15N3O5/c15-8-4-14(5-9(16)13-8)11(19)12-7-2-1-6(3-7)10(17)18/h6-7H,1-5H2,(H,12,19)(H,17,18)(H,13,15,16)/t6-,7+/m1/s1. The van der Waals surface area contributed by atoms with Crippen molar-refractivity contribution in [3.8, 4) is 0 Å². The minimum absolute atomic E-state index is 0.160. The van der Waals surface area contributed by atoms with Crippen LogP contribution in [0.4, 0.5) is 4.79 Å². The van der Waals surface area contributed by atoms with Crippen LogP contribution in [0.2, 0.25) is 0 Å². The summed E-state index contributed by atoms with van der Waals surface area (Å²) in [7, 11) is 0. The second kappa shape index (κ2) is 5.25. The molecule has 2 aliphatic rings. The summed E-state index contributed by atoms with van der Waals surface area (Å²) in [6.45, 7) is -0.320. The lowest BCUT2D eigenvalue weighted by molar-refractivity contribution is -0.141. The molecule has 19 heavy (non-hydrogen) atoms. The van der Waals surface area contributed by atoms with Crippen molar-refractivity contribution in [2.45, 2.75) is 25.3 Å². The maximum Gasteiger partial charge on any atom is 0.318 e. The van der Waals surface area contributed by atoms with Crippen molar-refractivity contribution in [2.24, 2.45) is 5.92 Å². The molecule has 0 aromatic carbocycles. The van der Waals surface area contributed by atoms with E-state index >= 15 is 0 Å².